The van der Waals surface area contributed by atoms with Gasteiger partial charge in [-0.15, -0.1) is 0 Å². The SMILES string of the molecule is N#Cc1ccc2c(c1)-c1ccc(-c3ccc(-c4ccc(-c5cccc(-c6cc(-c7ccc(-c8ccccc8)cc7)nc(-c7ccccc7)n6)c5)cc4)cc3)cc1C21CCCCC1. The quantitative estimate of drug-likeness (QED) is 0.161. The van der Waals surface area contributed by atoms with Crippen LogP contribution in [0.1, 0.15) is 48.8 Å². The average molecular weight is 794 g/mol. The van der Waals surface area contributed by atoms with Gasteiger partial charge in [-0.1, -0.05) is 189 Å². The van der Waals surface area contributed by atoms with E-state index in [1.807, 2.05) is 30.3 Å². The maximum Gasteiger partial charge on any atom is 0.160 e. The Labute approximate surface area is 363 Å². The van der Waals surface area contributed by atoms with Crippen LogP contribution in [0.3, 0.4) is 0 Å². The molecule has 1 heterocycles. The Bertz CT molecular complexity index is 3120. The number of nitrogens with zero attached hydrogens (tertiary/aromatic N) is 3. The second-order valence-corrected chi connectivity index (χ2v) is 16.8. The fourth-order valence-electron chi connectivity index (χ4n) is 9.94. The Morgan fingerprint density at radius 2 is 0.839 bits per heavy atom. The van der Waals surface area contributed by atoms with Crippen molar-refractivity contribution < 1.29 is 0 Å². The molecule has 2 aliphatic rings. The summed E-state index contributed by atoms with van der Waals surface area (Å²) in [5.74, 6) is 0.705. The minimum atomic E-state index is 0.0485. The van der Waals surface area contributed by atoms with Crippen molar-refractivity contribution in [3.8, 4) is 95.6 Å². The average Bonchev–Trinajstić information content (AvgIpc) is 3.61. The van der Waals surface area contributed by atoms with E-state index in [-0.39, 0.29) is 5.41 Å². The molecule has 62 heavy (non-hydrogen) atoms. The maximum absolute atomic E-state index is 9.68. The fraction of sp³-hybridized carbons (Fsp3) is 0.102. The van der Waals surface area contributed by atoms with Gasteiger partial charge in [0.1, 0.15) is 0 Å². The third kappa shape index (κ3) is 6.81. The Morgan fingerprint density at radius 1 is 0.355 bits per heavy atom. The molecule has 0 amide bonds. The second kappa shape index (κ2) is 15.7. The lowest BCUT2D eigenvalue weighted by Gasteiger charge is -2.36. The highest BCUT2D eigenvalue weighted by Crippen LogP contribution is 2.56. The van der Waals surface area contributed by atoms with Gasteiger partial charge in [0.15, 0.2) is 5.82 Å². The number of fused-ring (bicyclic) bond motifs is 5. The van der Waals surface area contributed by atoms with Crippen LogP contribution in [-0.4, -0.2) is 9.97 Å². The summed E-state index contributed by atoms with van der Waals surface area (Å²) in [5.41, 5.74) is 20.5. The lowest BCUT2D eigenvalue weighted by Crippen LogP contribution is -2.28. The first kappa shape index (κ1) is 37.3. The molecule has 11 rings (SSSR count). The maximum atomic E-state index is 9.68. The van der Waals surface area contributed by atoms with Gasteiger partial charge in [-0.25, -0.2) is 9.97 Å². The van der Waals surface area contributed by atoms with Gasteiger partial charge in [0.25, 0.3) is 0 Å². The minimum absolute atomic E-state index is 0.0485. The van der Waals surface area contributed by atoms with E-state index >= 15 is 0 Å². The zero-order chi connectivity index (χ0) is 41.5. The van der Waals surface area contributed by atoms with Crippen molar-refractivity contribution in [3.63, 3.8) is 0 Å². The van der Waals surface area contributed by atoms with Gasteiger partial charge in [-0.2, -0.15) is 5.26 Å². The molecular formula is C59H43N3. The van der Waals surface area contributed by atoms with Crippen molar-refractivity contribution >= 4 is 0 Å². The van der Waals surface area contributed by atoms with Crippen molar-refractivity contribution in [1.82, 2.24) is 9.97 Å². The summed E-state index contributed by atoms with van der Waals surface area (Å²) in [6, 6.07) is 73.7. The molecule has 0 N–H and O–H groups in total. The standard InChI is InChI=1S/C59H43N3/c60-39-40-17-32-54-53(35-40)52-31-30-50(37-55(52)59(54)33-8-3-9-34-59)46-24-20-44(21-25-46)43-18-22-45(23-19-43)49-15-10-16-51(36-49)57-38-56(61-58(62-57)48-13-6-2-7-14-48)47-28-26-42(27-29-47)41-11-4-1-5-12-41/h1-2,4-7,10-32,35-38H,3,8-9,33-34H2. The molecule has 8 aromatic carbocycles. The van der Waals surface area contributed by atoms with Gasteiger partial charge < -0.3 is 0 Å². The number of rotatable bonds is 7. The Kier molecular flexibility index (Phi) is 9.48. The first-order valence-corrected chi connectivity index (χ1v) is 21.7. The molecule has 0 aliphatic heterocycles. The lowest BCUT2D eigenvalue weighted by molar-refractivity contribution is 0.353. The lowest BCUT2D eigenvalue weighted by atomic mass is 9.67. The predicted molar refractivity (Wildman–Crippen MR) is 254 cm³/mol. The van der Waals surface area contributed by atoms with Gasteiger partial charge >= 0.3 is 0 Å². The van der Waals surface area contributed by atoms with Gasteiger partial charge in [0, 0.05) is 22.1 Å². The Morgan fingerprint density at radius 3 is 1.45 bits per heavy atom. The highest BCUT2D eigenvalue weighted by molar-refractivity contribution is 5.85. The molecular weight excluding hydrogens is 751 g/mol. The second-order valence-electron chi connectivity index (χ2n) is 16.8. The van der Waals surface area contributed by atoms with E-state index < -0.39 is 0 Å². The molecule has 3 heteroatoms. The van der Waals surface area contributed by atoms with Crippen molar-refractivity contribution in [2.45, 2.75) is 37.5 Å². The van der Waals surface area contributed by atoms with Gasteiger partial charge in [-0.3, -0.25) is 0 Å². The van der Waals surface area contributed by atoms with Crippen molar-refractivity contribution in [2.24, 2.45) is 0 Å². The molecule has 1 saturated carbocycles. The van der Waals surface area contributed by atoms with Gasteiger partial charge in [0.2, 0.25) is 0 Å². The topological polar surface area (TPSA) is 49.6 Å². The molecule has 2 aliphatic carbocycles. The zero-order valence-electron chi connectivity index (χ0n) is 34.4. The summed E-state index contributed by atoms with van der Waals surface area (Å²) in [6.07, 6.45) is 6.12. The molecule has 1 fully saturated rings. The first-order chi connectivity index (χ1) is 30.6. The van der Waals surface area contributed by atoms with Crippen LogP contribution >= 0.6 is 0 Å². The highest BCUT2D eigenvalue weighted by Gasteiger charge is 2.43. The first-order valence-electron chi connectivity index (χ1n) is 21.7. The molecule has 9 aromatic rings. The number of nitriles is 1. The van der Waals surface area contributed by atoms with E-state index in [0.717, 1.165) is 44.8 Å². The zero-order valence-corrected chi connectivity index (χ0v) is 34.4. The largest absolute Gasteiger partial charge is 0.228 e. The molecule has 294 valence electrons. The molecule has 0 saturated heterocycles. The van der Waals surface area contributed by atoms with E-state index in [4.69, 9.17) is 9.97 Å². The number of hydrogen-bond acceptors (Lipinski definition) is 3. The van der Waals surface area contributed by atoms with Crippen LogP contribution in [0.15, 0.2) is 200 Å². The number of benzene rings is 8. The third-order valence-electron chi connectivity index (χ3n) is 13.2. The summed E-state index contributed by atoms with van der Waals surface area (Å²) >= 11 is 0. The summed E-state index contributed by atoms with van der Waals surface area (Å²) in [5, 5.41) is 9.68. The van der Waals surface area contributed by atoms with Crippen molar-refractivity contribution in [1.29, 1.82) is 5.26 Å². The third-order valence-corrected chi connectivity index (χ3v) is 13.2. The monoisotopic (exact) mass is 793 g/mol. The molecule has 3 nitrogen and oxygen atoms in total. The van der Waals surface area contributed by atoms with Crippen LogP contribution in [0.5, 0.6) is 0 Å². The number of hydrogen-bond donors (Lipinski definition) is 0. The summed E-state index contributed by atoms with van der Waals surface area (Å²) in [4.78, 5) is 10.2. The summed E-state index contributed by atoms with van der Waals surface area (Å²) in [7, 11) is 0. The van der Waals surface area contributed by atoms with E-state index in [1.165, 1.54) is 87.7 Å². The normalized spacial score (nSPS) is 13.6. The van der Waals surface area contributed by atoms with Crippen LogP contribution in [0, 0.1) is 11.3 Å². The highest BCUT2D eigenvalue weighted by atomic mass is 14.9. The van der Waals surface area contributed by atoms with Crippen molar-refractivity contribution in [2.75, 3.05) is 0 Å². The molecule has 1 aromatic heterocycles. The Hall–Kier alpha value is -7.67. The van der Waals surface area contributed by atoms with E-state index in [1.54, 1.807) is 0 Å². The Balaban J connectivity index is 0.864. The number of aromatic nitrogens is 2. The van der Waals surface area contributed by atoms with E-state index in [0.29, 0.717) is 5.82 Å². The molecule has 0 atom stereocenters. The molecule has 0 radical (unpaired) electrons. The van der Waals surface area contributed by atoms with Gasteiger partial charge in [-0.05, 0) is 110 Å². The summed E-state index contributed by atoms with van der Waals surface area (Å²) < 4.78 is 0. The smallest absolute Gasteiger partial charge is 0.160 e. The van der Waals surface area contributed by atoms with Crippen LogP contribution in [-0.2, 0) is 5.41 Å². The van der Waals surface area contributed by atoms with Crippen LogP contribution in [0.4, 0.5) is 0 Å². The molecule has 1 spiro atoms. The minimum Gasteiger partial charge on any atom is -0.228 e. The van der Waals surface area contributed by atoms with Gasteiger partial charge in [0.05, 0.1) is 23.0 Å². The predicted octanol–water partition coefficient (Wildman–Crippen LogP) is 15.2. The van der Waals surface area contributed by atoms with Crippen LogP contribution < -0.4 is 0 Å². The van der Waals surface area contributed by atoms with E-state index in [2.05, 4.69) is 176 Å². The van der Waals surface area contributed by atoms with Crippen LogP contribution in [0.2, 0.25) is 0 Å². The van der Waals surface area contributed by atoms with E-state index in [9.17, 15) is 5.26 Å². The van der Waals surface area contributed by atoms with Crippen LogP contribution in [0.25, 0.3) is 89.5 Å². The van der Waals surface area contributed by atoms with Crippen molar-refractivity contribution in [3.05, 3.63) is 217 Å². The summed E-state index contributed by atoms with van der Waals surface area (Å²) in [6.45, 7) is 0. The molecule has 0 unspecified atom stereocenters. The molecule has 0 bridgehead atoms. The fourth-order valence-corrected chi connectivity index (χ4v) is 9.94.